The topological polar surface area (TPSA) is 39.4 Å². The zero-order valence-electron chi connectivity index (χ0n) is 11.9. The Balaban J connectivity index is 1.96. The fraction of sp³-hybridized carbons (Fsp3) is 0.333. The molecule has 21 heavy (non-hydrogen) atoms. The monoisotopic (exact) mass is 321 g/mol. The second kappa shape index (κ2) is 6.03. The molecule has 110 valence electrons. The summed E-state index contributed by atoms with van der Waals surface area (Å²) in [5.41, 5.74) is 1.72. The summed E-state index contributed by atoms with van der Waals surface area (Å²) < 4.78 is 8.40. The summed E-state index contributed by atoms with van der Waals surface area (Å²) in [7, 11) is 0. The van der Waals surface area contributed by atoms with E-state index in [2.05, 4.69) is 23.9 Å². The number of thiophene rings is 1. The molecule has 3 heterocycles. The van der Waals surface area contributed by atoms with Crippen LogP contribution in [0.2, 0.25) is 4.34 Å². The molecule has 1 unspecified atom stereocenters. The lowest BCUT2D eigenvalue weighted by Gasteiger charge is -2.12. The third kappa shape index (κ3) is 3.04. The number of hydrogen-bond acceptors (Lipinski definition) is 4. The molecule has 0 radical (unpaired) electrons. The minimum Gasteiger partial charge on any atom is -0.474 e. The van der Waals surface area contributed by atoms with Crippen LogP contribution in [0.1, 0.15) is 26.7 Å². The Morgan fingerprint density at radius 1 is 1.33 bits per heavy atom. The van der Waals surface area contributed by atoms with Crippen LogP contribution in [0.15, 0.2) is 30.5 Å². The van der Waals surface area contributed by atoms with Gasteiger partial charge in [0.05, 0.1) is 21.5 Å². The third-order valence-electron chi connectivity index (χ3n) is 3.18. The van der Waals surface area contributed by atoms with E-state index < -0.39 is 0 Å². The number of fused-ring (bicyclic) bond motifs is 1. The maximum atomic E-state index is 6.01. The molecular weight excluding hydrogens is 306 g/mol. The van der Waals surface area contributed by atoms with Gasteiger partial charge >= 0.3 is 0 Å². The minimum absolute atomic E-state index is 0.156. The van der Waals surface area contributed by atoms with Crippen molar-refractivity contribution in [1.82, 2.24) is 14.6 Å². The van der Waals surface area contributed by atoms with Gasteiger partial charge < -0.3 is 4.74 Å². The highest BCUT2D eigenvalue weighted by atomic mass is 35.5. The molecule has 4 nitrogen and oxygen atoms in total. The first-order valence-electron chi connectivity index (χ1n) is 6.94. The lowest BCUT2D eigenvalue weighted by molar-refractivity contribution is 0.199. The summed E-state index contributed by atoms with van der Waals surface area (Å²) in [6.07, 6.45) is 4.07. The average Bonchev–Trinajstić information content (AvgIpc) is 3.04. The normalized spacial score (nSPS) is 12.7. The molecule has 0 amide bonds. The second-order valence-electron chi connectivity index (χ2n) is 4.91. The van der Waals surface area contributed by atoms with Crippen molar-refractivity contribution >= 4 is 28.6 Å². The summed E-state index contributed by atoms with van der Waals surface area (Å²) in [6, 6.07) is 7.63. The molecule has 6 heteroatoms. The Labute approximate surface area is 132 Å². The summed E-state index contributed by atoms with van der Waals surface area (Å²) in [5, 5.41) is 4.54. The van der Waals surface area contributed by atoms with Crippen LogP contribution in [0.5, 0.6) is 5.88 Å². The van der Waals surface area contributed by atoms with E-state index in [-0.39, 0.29) is 6.10 Å². The van der Waals surface area contributed by atoms with E-state index in [1.165, 1.54) is 11.3 Å². The van der Waals surface area contributed by atoms with Gasteiger partial charge in [-0.1, -0.05) is 24.9 Å². The Kier molecular flexibility index (Phi) is 4.12. The quantitative estimate of drug-likeness (QED) is 0.685. The molecule has 0 saturated heterocycles. The Hall–Kier alpha value is -1.59. The number of ether oxygens (including phenoxy) is 1. The van der Waals surface area contributed by atoms with Gasteiger partial charge in [-0.3, -0.25) is 0 Å². The van der Waals surface area contributed by atoms with E-state index in [4.69, 9.17) is 16.3 Å². The van der Waals surface area contributed by atoms with Crippen LogP contribution in [-0.2, 0) is 0 Å². The molecule has 0 bridgehead atoms. The fourth-order valence-corrected chi connectivity index (χ4v) is 3.25. The van der Waals surface area contributed by atoms with Gasteiger partial charge in [-0.2, -0.15) is 0 Å². The highest BCUT2D eigenvalue weighted by Crippen LogP contribution is 2.31. The Bertz CT molecular complexity index is 752. The first-order chi connectivity index (χ1) is 10.2. The largest absolute Gasteiger partial charge is 0.474 e. The van der Waals surface area contributed by atoms with Gasteiger partial charge in [0.15, 0.2) is 5.65 Å². The summed E-state index contributed by atoms with van der Waals surface area (Å²) in [4.78, 5) is 5.41. The standard InChI is InChI=1S/C15H16ClN3OS/c1-3-4-10(2)20-15-8-7-14-17-9-11(19(14)18-15)12-5-6-13(16)21-12/h5-10H,3-4H2,1-2H3. The van der Waals surface area contributed by atoms with Gasteiger partial charge in [0.1, 0.15) is 5.69 Å². The van der Waals surface area contributed by atoms with Gasteiger partial charge in [-0.05, 0) is 31.5 Å². The van der Waals surface area contributed by atoms with Crippen molar-refractivity contribution in [2.75, 3.05) is 0 Å². The van der Waals surface area contributed by atoms with E-state index in [0.717, 1.165) is 33.4 Å². The Morgan fingerprint density at radius 2 is 2.19 bits per heavy atom. The summed E-state index contributed by atoms with van der Waals surface area (Å²) in [6.45, 7) is 4.20. The zero-order valence-corrected chi connectivity index (χ0v) is 13.5. The number of rotatable bonds is 5. The zero-order chi connectivity index (χ0) is 14.8. The highest BCUT2D eigenvalue weighted by molar-refractivity contribution is 7.19. The maximum absolute atomic E-state index is 6.01. The van der Waals surface area contributed by atoms with Crippen LogP contribution in [0, 0.1) is 0 Å². The van der Waals surface area contributed by atoms with E-state index in [9.17, 15) is 0 Å². The number of nitrogens with zero attached hydrogens (tertiary/aromatic N) is 3. The van der Waals surface area contributed by atoms with Crippen LogP contribution in [-0.4, -0.2) is 20.7 Å². The first-order valence-corrected chi connectivity index (χ1v) is 8.14. The predicted molar refractivity (Wildman–Crippen MR) is 86.3 cm³/mol. The van der Waals surface area contributed by atoms with Gasteiger partial charge in [0.25, 0.3) is 0 Å². The fourth-order valence-electron chi connectivity index (χ4n) is 2.21. The lowest BCUT2D eigenvalue weighted by atomic mass is 10.2. The molecule has 0 aliphatic heterocycles. The molecule has 0 spiro atoms. The van der Waals surface area contributed by atoms with Crippen LogP contribution in [0.4, 0.5) is 0 Å². The minimum atomic E-state index is 0.156. The predicted octanol–water partition coefficient (Wildman–Crippen LogP) is 4.68. The number of aromatic nitrogens is 3. The second-order valence-corrected chi connectivity index (χ2v) is 6.62. The molecular formula is C15H16ClN3OS. The van der Waals surface area contributed by atoms with Gasteiger partial charge in [-0.15, -0.1) is 16.4 Å². The molecule has 1 atom stereocenters. The van der Waals surface area contributed by atoms with Crippen LogP contribution in [0.25, 0.3) is 16.2 Å². The van der Waals surface area contributed by atoms with Crippen molar-refractivity contribution in [1.29, 1.82) is 0 Å². The molecule has 3 aromatic heterocycles. The summed E-state index contributed by atoms with van der Waals surface area (Å²) >= 11 is 7.52. The lowest BCUT2D eigenvalue weighted by Crippen LogP contribution is -2.12. The smallest absolute Gasteiger partial charge is 0.232 e. The van der Waals surface area contributed by atoms with Crippen molar-refractivity contribution in [3.8, 4) is 16.5 Å². The van der Waals surface area contributed by atoms with Crippen molar-refractivity contribution < 1.29 is 4.74 Å². The number of imidazole rings is 1. The van der Waals surface area contributed by atoms with Crippen molar-refractivity contribution in [3.05, 3.63) is 34.8 Å². The molecule has 3 aromatic rings. The van der Waals surface area contributed by atoms with Crippen molar-refractivity contribution in [2.24, 2.45) is 0 Å². The van der Waals surface area contributed by atoms with E-state index >= 15 is 0 Å². The molecule has 0 aliphatic rings. The van der Waals surface area contributed by atoms with E-state index in [1.54, 1.807) is 4.52 Å². The van der Waals surface area contributed by atoms with E-state index in [0.29, 0.717) is 5.88 Å². The number of hydrogen-bond donors (Lipinski definition) is 0. The van der Waals surface area contributed by atoms with Gasteiger partial charge in [0, 0.05) is 6.07 Å². The molecule has 0 aromatic carbocycles. The van der Waals surface area contributed by atoms with Crippen LogP contribution < -0.4 is 4.74 Å². The molecule has 0 N–H and O–H groups in total. The van der Waals surface area contributed by atoms with Gasteiger partial charge in [-0.25, -0.2) is 9.50 Å². The number of halogens is 1. The molecule has 0 saturated carbocycles. The Morgan fingerprint density at radius 3 is 2.90 bits per heavy atom. The molecule has 0 aliphatic carbocycles. The highest BCUT2D eigenvalue weighted by Gasteiger charge is 2.11. The average molecular weight is 322 g/mol. The maximum Gasteiger partial charge on any atom is 0.232 e. The van der Waals surface area contributed by atoms with Crippen LogP contribution in [0.3, 0.4) is 0 Å². The SMILES string of the molecule is CCCC(C)Oc1ccc2ncc(-c3ccc(Cl)s3)n2n1. The molecule has 3 rings (SSSR count). The molecule has 0 fully saturated rings. The van der Waals surface area contributed by atoms with Gasteiger partial charge in [0.2, 0.25) is 5.88 Å². The third-order valence-corrected chi connectivity index (χ3v) is 4.43. The first kappa shape index (κ1) is 14.4. The summed E-state index contributed by atoms with van der Waals surface area (Å²) in [5.74, 6) is 0.616. The van der Waals surface area contributed by atoms with E-state index in [1.807, 2.05) is 30.5 Å². The van der Waals surface area contributed by atoms with Crippen LogP contribution >= 0.6 is 22.9 Å². The van der Waals surface area contributed by atoms with Crippen molar-refractivity contribution in [2.45, 2.75) is 32.8 Å². The van der Waals surface area contributed by atoms with Crippen molar-refractivity contribution in [3.63, 3.8) is 0 Å².